The Bertz CT molecular complexity index is 714. The number of aryl methyl sites for hydroxylation is 1. The molecule has 20 heavy (non-hydrogen) atoms. The zero-order valence-electron chi connectivity index (χ0n) is 11.2. The van der Waals surface area contributed by atoms with Gasteiger partial charge in [-0.15, -0.1) is 0 Å². The average molecular weight is 277 g/mol. The molecule has 106 valence electrons. The van der Waals surface area contributed by atoms with Crippen molar-refractivity contribution in [1.82, 2.24) is 9.88 Å². The molecule has 0 unspecified atom stereocenters. The van der Waals surface area contributed by atoms with Crippen LogP contribution in [0.1, 0.15) is 13.3 Å². The number of nitrogens with one attached hydrogen (secondary N) is 2. The molecule has 2 amide bonds. The lowest BCUT2D eigenvalue weighted by atomic mass is 10.2. The lowest BCUT2D eigenvalue weighted by Crippen LogP contribution is -2.25. The van der Waals surface area contributed by atoms with Crippen LogP contribution in [0, 0.1) is 0 Å². The van der Waals surface area contributed by atoms with Gasteiger partial charge in [-0.25, -0.2) is 4.79 Å². The molecule has 0 aliphatic carbocycles. The normalized spacial score (nSPS) is 10.5. The lowest BCUT2D eigenvalue weighted by molar-refractivity contribution is -0.119. The van der Waals surface area contributed by atoms with Gasteiger partial charge in [0.05, 0.1) is 5.52 Å². The van der Waals surface area contributed by atoms with E-state index in [0.717, 1.165) is 0 Å². The topological polar surface area (TPSA) is 93.3 Å². The van der Waals surface area contributed by atoms with Gasteiger partial charge >= 0.3 is 5.76 Å². The Hall–Kier alpha value is -2.57. The SMILES string of the molecule is CC(=O)NCCC(=O)Nc1ccc2oc(=O)n(C)c2c1. The first-order valence-corrected chi connectivity index (χ1v) is 6.11. The third-order valence-electron chi connectivity index (χ3n) is 2.80. The largest absolute Gasteiger partial charge is 0.419 e. The Kier molecular flexibility index (Phi) is 3.88. The molecule has 0 fully saturated rings. The third kappa shape index (κ3) is 3.05. The summed E-state index contributed by atoms with van der Waals surface area (Å²) in [5.41, 5.74) is 1.64. The van der Waals surface area contributed by atoms with E-state index >= 15 is 0 Å². The molecule has 1 aromatic carbocycles. The first-order chi connectivity index (χ1) is 9.47. The smallest absolute Gasteiger partial charge is 0.408 e. The fraction of sp³-hybridized carbons (Fsp3) is 0.308. The second kappa shape index (κ2) is 5.60. The summed E-state index contributed by atoms with van der Waals surface area (Å²) in [6, 6.07) is 4.94. The predicted octanol–water partition coefficient (Wildman–Crippen LogP) is 0.596. The number of hydrogen-bond acceptors (Lipinski definition) is 4. The molecule has 0 saturated carbocycles. The van der Waals surface area contributed by atoms with Gasteiger partial charge in [-0.3, -0.25) is 14.2 Å². The van der Waals surface area contributed by atoms with E-state index < -0.39 is 5.76 Å². The zero-order valence-corrected chi connectivity index (χ0v) is 11.2. The first-order valence-electron chi connectivity index (χ1n) is 6.11. The molecule has 0 saturated heterocycles. The summed E-state index contributed by atoms with van der Waals surface area (Å²) in [6.07, 6.45) is 0.182. The number of amides is 2. The Labute approximate surface area is 114 Å². The van der Waals surface area contributed by atoms with E-state index in [2.05, 4.69) is 10.6 Å². The Morgan fingerprint density at radius 3 is 2.80 bits per heavy atom. The number of carbonyl (C=O) groups is 2. The van der Waals surface area contributed by atoms with Gasteiger partial charge in [-0.1, -0.05) is 0 Å². The van der Waals surface area contributed by atoms with Crippen LogP contribution in [0.5, 0.6) is 0 Å². The van der Waals surface area contributed by atoms with E-state index in [1.165, 1.54) is 11.5 Å². The molecule has 0 aliphatic rings. The summed E-state index contributed by atoms with van der Waals surface area (Å²) in [5.74, 6) is -0.839. The second-order valence-corrected chi connectivity index (χ2v) is 4.39. The van der Waals surface area contributed by atoms with Crippen LogP contribution in [0.15, 0.2) is 27.4 Å². The number of oxazole rings is 1. The molecule has 7 nitrogen and oxygen atoms in total. The van der Waals surface area contributed by atoms with E-state index in [0.29, 0.717) is 16.8 Å². The van der Waals surface area contributed by atoms with Gasteiger partial charge in [0.15, 0.2) is 5.58 Å². The van der Waals surface area contributed by atoms with Crippen LogP contribution in [0.4, 0.5) is 5.69 Å². The van der Waals surface area contributed by atoms with Gasteiger partial charge in [0.1, 0.15) is 0 Å². The van der Waals surface area contributed by atoms with Crippen LogP contribution in [-0.4, -0.2) is 22.9 Å². The fourth-order valence-corrected chi connectivity index (χ4v) is 1.78. The Morgan fingerprint density at radius 2 is 2.10 bits per heavy atom. The van der Waals surface area contributed by atoms with Crippen LogP contribution in [0.3, 0.4) is 0 Å². The van der Waals surface area contributed by atoms with Crippen molar-refractivity contribution in [2.24, 2.45) is 7.05 Å². The van der Waals surface area contributed by atoms with Gasteiger partial charge < -0.3 is 15.1 Å². The monoisotopic (exact) mass is 277 g/mol. The number of carbonyl (C=O) groups excluding carboxylic acids is 2. The molecule has 0 atom stereocenters. The van der Waals surface area contributed by atoms with Crippen molar-refractivity contribution in [3.8, 4) is 0 Å². The van der Waals surface area contributed by atoms with Crippen LogP contribution < -0.4 is 16.4 Å². The molecule has 1 heterocycles. The maximum atomic E-state index is 11.7. The zero-order chi connectivity index (χ0) is 14.7. The molecule has 0 bridgehead atoms. The van der Waals surface area contributed by atoms with Gasteiger partial charge in [0, 0.05) is 32.6 Å². The molecule has 2 rings (SSSR count). The molecule has 0 aliphatic heterocycles. The first kappa shape index (κ1) is 13.9. The van der Waals surface area contributed by atoms with Crippen molar-refractivity contribution in [1.29, 1.82) is 0 Å². The Morgan fingerprint density at radius 1 is 1.35 bits per heavy atom. The summed E-state index contributed by atoms with van der Waals surface area (Å²) in [7, 11) is 1.59. The molecule has 2 aromatic rings. The van der Waals surface area contributed by atoms with Crippen molar-refractivity contribution < 1.29 is 14.0 Å². The van der Waals surface area contributed by atoms with Crippen LogP contribution in [0.2, 0.25) is 0 Å². The van der Waals surface area contributed by atoms with Crippen LogP contribution >= 0.6 is 0 Å². The standard InChI is InChI=1S/C13H15N3O4/c1-8(17)14-6-5-12(18)15-9-3-4-11-10(7-9)16(2)13(19)20-11/h3-4,7H,5-6H2,1-2H3,(H,14,17)(H,15,18). The van der Waals surface area contributed by atoms with Crippen molar-refractivity contribution in [2.75, 3.05) is 11.9 Å². The highest BCUT2D eigenvalue weighted by atomic mass is 16.4. The van der Waals surface area contributed by atoms with Gasteiger partial charge in [-0.2, -0.15) is 0 Å². The average Bonchev–Trinajstić information content (AvgIpc) is 2.65. The second-order valence-electron chi connectivity index (χ2n) is 4.39. The molecular weight excluding hydrogens is 262 g/mol. The molecule has 1 aromatic heterocycles. The summed E-state index contributed by atoms with van der Waals surface area (Å²) in [4.78, 5) is 33.7. The Balaban J connectivity index is 2.06. The van der Waals surface area contributed by atoms with Gasteiger partial charge in [-0.05, 0) is 18.2 Å². The number of benzene rings is 1. The molecular formula is C13H15N3O4. The minimum Gasteiger partial charge on any atom is -0.408 e. The highest BCUT2D eigenvalue weighted by molar-refractivity contribution is 5.93. The van der Waals surface area contributed by atoms with E-state index in [9.17, 15) is 14.4 Å². The maximum Gasteiger partial charge on any atom is 0.419 e. The fourth-order valence-electron chi connectivity index (χ4n) is 1.78. The maximum absolute atomic E-state index is 11.7. The van der Waals surface area contributed by atoms with Crippen molar-refractivity contribution >= 4 is 28.6 Å². The number of nitrogens with zero attached hydrogens (tertiary/aromatic N) is 1. The van der Waals surface area contributed by atoms with E-state index in [1.54, 1.807) is 25.2 Å². The van der Waals surface area contributed by atoms with E-state index in [1.807, 2.05) is 0 Å². The van der Waals surface area contributed by atoms with Gasteiger partial charge in [0.25, 0.3) is 0 Å². The van der Waals surface area contributed by atoms with Crippen molar-refractivity contribution in [3.05, 3.63) is 28.7 Å². The minimum absolute atomic E-state index is 0.174. The van der Waals surface area contributed by atoms with Crippen LogP contribution in [0.25, 0.3) is 11.1 Å². The van der Waals surface area contributed by atoms with Gasteiger partial charge in [0.2, 0.25) is 11.8 Å². The molecule has 2 N–H and O–H groups in total. The number of anilines is 1. The number of rotatable bonds is 4. The molecule has 0 radical (unpaired) electrons. The quantitative estimate of drug-likeness (QED) is 0.855. The molecule has 7 heteroatoms. The van der Waals surface area contributed by atoms with E-state index in [-0.39, 0.29) is 24.8 Å². The number of hydrogen-bond donors (Lipinski definition) is 2. The molecule has 0 spiro atoms. The number of aromatic nitrogens is 1. The van der Waals surface area contributed by atoms with Crippen molar-refractivity contribution in [2.45, 2.75) is 13.3 Å². The summed E-state index contributed by atoms with van der Waals surface area (Å²) >= 11 is 0. The minimum atomic E-state index is -0.450. The summed E-state index contributed by atoms with van der Waals surface area (Å²) < 4.78 is 6.36. The van der Waals surface area contributed by atoms with E-state index in [4.69, 9.17) is 4.42 Å². The van der Waals surface area contributed by atoms with Crippen molar-refractivity contribution in [3.63, 3.8) is 0 Å². The van der Waals surface area contributed by atoms with Crippen LogP contribution in [-0.2, 0) is 16.6 Å². The predicted molar refractivity (Wildman–Crippen MR) is 73.4 cm³/mol. The third-order valence-corrected chi connectivity index (χ3v) is 2.80. The summed E-state index contributed by atoms with van der Waals surface area (Å²) in [6.45, 7) is 1.68. The lowest BCUT2D eigenvalue weighted by Gasteiger charge is -2.05. The summed E-state index contributed by atoms with van der Waals surface area (Å²) in [5, 5.41) is 5.24. The highest BCUT2D eigenvalue weighted by Gasteiger charge is 2.08. The number of fused-ring (bicyclic) bond motifs is 1. The highest BCUT2D eigenvalue weighted by Crippen LogP contribution is 2.17.